The standard InChI is InChI=1S/C26H37N3O3/c1-4-27-25(28-15-12-23(30)21-8-6-5-7-9-21)29-19-26(13-16-32-17-14-26)22-18-20(2)10-11-24(22)31-3/h5-11,18,23,30H,4,12-17,19H2,1-3H3,(H2,27,28,29). The maximum Gasteiger partial charge on any atom is 0.191 e. The number of hydrogen-bond acceptors (Lipinski definition) is 4. The first-order valence-corrected chi connectivity index (χ1v) is 11.6. The van der Waals surface area contributed by atoms with Gasteiger partial charge in [-0.15, -0.1) is 0 Å². The lowest BCUT2D eigenvalue weighted by Gasteiger charge is -2.37. The van der Waals surface area contributed by atoms with E-state index in [1.807, 2.05) is 30.3 Å². The van der Waals surface area contributed by atoms with Crippen molar-refractivity contribution in [3.05, 3.63) is 65.2 Å². The number of rotatable bonds is 9. The van der Waals surface area contributed by atoms with Gasteiger partial charge in [-0.1, -0.05) is 48.0 Å². The van der Waals surface area contributed by atoms with Crippen molar-refractivity contribution in [2.45, 2.75) is 44.6 Å². The summed E-state index contributed by atoms with van der Waals surface area (Å²) in [4.78, 5) is 4.96. The fourth-order valence-electron chi connectivity index (χ4n) is 4.25. The van der Waals surface area contributed by atoms with Crippen LogP contribution >= 0.6 is 0 Å². The zero-order valence-corrected chi connectivity index (χ0v) is 19.6. The predicted molar refractivity (Wildman–Crippen MR) is 129 cm³/mol. The van der Waals surface area contributed by atoms with Gasteiger partial charge in [-0.25, -0.2) is 0 Å². The number of ether oxygens (including phenoxy) is 2. The molecule has 2 aromatic carbocycles. The molecule has 0 aromatic heterocycles. The van der Waals surface area contributed by atoms with Crippen LogP contribution in [0.25, 0.3) is 0 Å². The van der Waals surface area contributed by atoms with Crippen molar-refractivity contribution in [2.24, 2.45) is 4.99 Å². The topological polar surface area (TPSA) is 75.1 Å². The summed E-state index contributed by atoms with van der Waals surface area (Å²) < 4.78 is 11.4. The molecule has 0 spiro atoms. The molecule has 32 heavy (non-hydrogen) atoms. The van der Waals surface area contributed by atoms with E-state index in [4.69, 9.17) is 14.5 Å². The lowest BCUT2D eigenvalue weighted by molar-refractivity contribution is 0.0522. The molecule has 3 rings (SSSR count). The fraction of sp³-hybridized carbons (Fsp3) is 0.500. The van der Waals surface area contributed by atoms with Gasteiger partial charge in [0.2, 0.25) is 0 Å². The second kappa shape index (κ2) is 11.9. The largest absolute Gasteiger partial charge is 0.496 e. The summed E-state index contributed by atoms with van der Waals surface area (Å²) in [5.41, 5.74) is 3.24. The van der Waals surface area contributed by atoms with Crippen LogP contribution in [-0.4, -0.2) is 51.0 Å². The Hall–Kier alpha value is -2.57. The lowest BCUT2D eigenvalue weighted by Crippen LogP contribution is -2.41. The van der Waals surface area contributed by atoms with Gasteiger partial charge in [-0.05, 0) is 44.7 Å². The second-order valence-corrected chi connectivity index (χ2v) is 8.43. The maximum atomic E-state index is 10.4. The monoisotopic (exact) mass is 439 g/mol. The molecule has 6 nitrogen and oxygen atoms in total. The minimum atomic E-state index is -0.495. The van der Waals surface area contributed by atoms with Crippen molar-refractivity contribution in [2.75, 3.05) is 40.0 Å². The maximum absolute atomic E-state index is 10.4. The van der Waals surface area contributed by atoms with Crippen molar-refractivity contribution in [3.63, 3.8) is 0 Å². The third-order valence-corrected chi connectivity index (χ3v) is 6.15. The van der Waals surface area contributed by atoms with Gasteiger partial charge in [0.05, 0.1) is 19.8 Å². The number of aliphatic imine (C=N–C) groups is 1. The molecule has 174 valence electrons. The molecule has 1 fully saturated rings. The third kappa shape index (κ3) is 6.24. The highest BCUT2D eigenvalue weighted by Crippen LogP contribution is 2.40. The highest BCUT2D eigenvalue weighted by molar-refractivity contribution is 5.79. The number of guanidine groups is 1. The summed E-state index contributed by atoms with van der Waals surface area (Å²) in [5.74, 6) is 1.68. The minimum Gasteiger partial charge on any atom is -0.496 e. The van der Waals surface area contributed by atoms with Gasteiger partial charge in [-0.2, -0.15) is 0 Å². The van der Waals surface area contributed by atoms with E-state index in [0.29, 0.717) is 19.5 Å². The van der Waals surface area contributed by atoms with E-state index in [1.165, 1.54) is 11.1 Å². The molecule has 1 aliphatic rings. The summed E-state index contributed by atoms with van der Waals surface area (Å²) in [6, 6.07) is 16.1. The highest BCUT2D eigenvalue weighted by Gasteiger charge is 2.37. The highest BCUT2D eigenvalue weighted by atomic mass is 16.5. The zero-order chi connectivity index (χ0) is 22.8. The van der Waals surface area contributed by atoms with Crippen LogP contribution in [0.1, 0.15) is 49.0 Å². The SMILES string of the molecule is CCNC(=NCC1(c2cc(C)ccc2OC)CCOCC1)NCCC(O)c1ccccc1. The number of nitrogens with one attached hydrogen (secondary N) is 2. The number of aliphatic hydroxyl groups is 1. The number of aliphatic hydroxyl groups excluding tert-OH is 1. The van der Waals surface area contributed by atoms with Gasteiger partial charge >= 0.3 is 0 Å². The smallest absolute Gasteiger partial charge is 0.191 e. The van der Waals surface area contributed by atoms with E-state index < -0.39 is 6.10 Å². The lowest BCUT2D eigenvalue weighted by atomic mass is 9.73. The van der Waals surface area contributed by atoms with Crippen LogP contribution in [0.15, 0.2) is 53.5 Å². The van der Waals surface area contributed by atoms with E-state index in [-0.39, 0.29) is 5.41 Å². The average Bonchev–Trinajstić information content (AvgIpc) is 2.83. The van der Waals surface area contributed by atoms with Crippen LogP contribution in [0.5, 0.6) is 5.75 Å². The van der Waals surface area contributed by atoms with Crippen LogP contribution in [-0.2, 0) is 10.2 Å². The van der Waals surface area contributed by atoms with Gasteiger partial charge in [-0.3, -0.25) is 4.99 Å². The molecule has 1 heterocycles. The molecule has 1 atom stereocenters. The Labute approximate surface area is 192 Å². The van der Waals surface area contributed by atoms with Crippen LogP contribution < -0.4 is 15.4 Å². The molecule has 0 aliphatic carbocycles. The Morgan fingerprint density at radius 2 is 1.91 bits per heavy atom. The van der Waals surface area contributed by atoms with E-state index >= 15 is 0 Å². The van der Waals surface area contributed by atoms with E-state index in [9.17, 15) is 5.11 Å². The number of aryl methyl sites for hydroxylation is 1. The van der Waals surface area contributed by atoms with Crippen LogP contribution in [0, 0.1) is 6.92 Å². The Balaban J connectivity index is 1.72. The molecule has 1 unspecified atom stereocenters. The molecule has 0 saturated carbocycles. The van der Waals surface area contributed by atoms with Crippen molar-refractivity contribution >= 4 is 5.96 Å². The van der Waals surface area contributed by atoms with Gasteiger partial charge < -0.3 is 25.2 Å². The first-order valence-electron chi connectivity index (χ1n) is 11.6. The normalized spacial score (nSPS) is 16.9. The molecule has 0 radical (unpaired) electrons. The molecule has 0 amide bonds. The van der Waals surface area contributed by atoms with Crippen molar-refractivity contribution < 1.29 is 14.6 Å². The first-order chi connectivity index (χ1) is 15.6. The number of nitrogens with zero attached hydrogens (tertiary/aromatic N) is 1. The summed E-state index contributed by atoms with van der Waals surface area (Å²) in [6.45, 7) is 7.67. The summed E-state index contributed by atoms with van der Waals surface area (Å²) >= 11 is 0. The van der Waals surface area contributed by atoms with Crippen LogP contribution in [0.3, 0.4) is 0 Å². The molecule has 6 heteroatoms. The van der Waals surface area contributed by atoms with Crippen molar-refractivity contribution in [3.8, 4) is 5.75 Å². The quantitative estimate of drug-likeness (QED) is 0.410. The molecular weight excluding hydrogens is 402 g/mol. The average molecular weight is 440 g/mol. The van der Waals surface area contributed by atoms with E-state index in [0.717, 1.165) is 49.9 Å². The first kappa shape index (κ1) is 24.1. The van der Waals surface area contributed by atoms with Crippen LogP contribution in [0.2, 0.25) is 0 Å². The molecular formula is C26H37N3O3. The summed E-state index contributed by atoms with van der Waals surface area (Å²) in [5, 5.41) is 17.2. The van der Waals surface area contributed by atoms with Gasteiger partial charge in [0, 0.05) is 37.3 Å². The number of benzene rings is 2. The molecule has 1 aliphatic heterocycles. The Morgan fingerprint density at radius 1 is 1.16 bits per heavy atom. The molecule has 2 aromatic rings. The molecule has 0 bridgehead atoms. The van der Waals surface area contributed by atoms with E-state index in [2.05, 4.69) is 42.7 Å². The van der Waals surface area contributed by atoms with E-state index in [1.54, 1.807) is 7.11 Å². The van der Waals surface area contributed by atoms with Gasteiger partial charge in [0.25, 0.3) is 0 Å². The fourth-order valence-corrected chi connectivity index (χ4v) is 4.25. The third-order valence-electron chi connectivity index (χ3n) is 6.15. The van der Waals surface area contributed by atoms with Gasteiger partial charge in [0.15, 0.2) is 5.96 Å². The summed E-state index contributed by atoms with van der Waals surface area (Å²) in [7, 11) is 1.73. The molecule has 3 N–H and O–H groups in total. The second-order valence-electron chi connectivity index (χ2n) is 8.43. The van der Waals surface area contributed by atoms with Crippen LogP contribution in [0.4, 0.5) is 0 Å². The predicted octanol–water partition coefficient (Wildman–Crippen LogP) is 3.73. The van der Waals surface area contributed by atoms with Crippen molar-refractivity contribution in [1.82, 2.24) is 10.6 Å². The summed E-state index contributed by atoms with van der Waals surface area (Å²) in [6.07, 6.45) is 1.93. The Bertz CT molecular complexity index is 864. The van der Waals surface area contributed by atoms with Crippen molar-refractivity contribution in [1.29, 1.82) is 0 Å². The number of methoxy groups -OCH3 is 1. The zero-order valence-electron chi connectivity index (χ0n) is 19.6. The molecule has 1 saturated heterocycles. The number of hydrogen-bond donors (Lipinski definition) is 3. The Morgan fingerprint density at radius 3 is 2.59 bits per heavy atom. The van der Waals surface area contributed by atoms with Gasteiger partial charge in [0.1, 0.15) is 5.75 Å². The minimum absolute atomic E-state index is 0.123. The Kier molecular flexibility index (Phi) is 8.94.